The average Bonchev–Trinajstić information content (AvgIpc) is 2.52. The molecule has 1 atom stereocenters. The van der Waals surface area contributed by atoms with Crippen LogP contribution in [0, 0.1) is 0 Å². The first-order valence-corrected chi connectivity index (χ1v) is 4.39. The van der Waals surface area contributed by atoms with Gasteiger partial charge in [-0.2, -0.15) is 0 Å². The molecule has 0 aliphatic carbocycles. The van der Waals surface area contributed by atoms with Crippen molar-refractivity contribution in [2.75, 3.05) is 19.7 Å². The molecule has 1 heterocycles. The second kappa shape index (κ2) is 4.69. The second-order valence-electron chi connectivity index (χ2n) is 2.95. The number of nitrogens with one attached hydrogen (secondary N) is 1. The number of rotatable bonds is 3. The number of alkyl carbamates (subject to hydrolysis) is 1. The van der Waals surface area contributed by atoms with E-state index in [4.69, 9.17) is 4.74 Å². The van der Waals surface area contributed by atoms with E-state index < -0.39 is 6.09 Å². The molecule has 13 heavy (non-hydrogen) atoms. The molecular formula is C8H14N2O3. The zero-order valence-electron chi connectivity index (χ0n) is 7.66. The molecule has 1 N–H and O–H groups in total. The molecule has 0 radical (unpaired) electrons. The van der Waals surface area contributed by atoms with Gasteiger partial charge in [-0.1, -0.05) is 0 Å². The van der Waals surface area contributed by atoms with Crippen LogP contribution in [-0.4, -0.2) is 43.1 Å². The largest absolute Gasteiger partial charge is 0.450 e. The number of ether oxygens (including phenoxy) is 1. The van der Waals surface area contributed by atoms with Crippen LogP contribution in [0.5, 0.6) is 0 Å². The summed E-state index contributed by atoms with van der Waals surface area (Å²) in [6.07, 6.45) is 1.20. The minimum absolute atomic E-state index is 0.0456. The molecule has 5 heteroatoms. The van der Waals surface area contributed by atoms with Crippen molar-refractivity contribution in [2.24, 2.45) is 0 Å². The molecule has 0 bridgehead atoms. The lowest BCUT2D eigenvalue weighted by Gasteiger charge is -2.12. The van der Waals surface area contributed by atoms with E-state index in [1.807, 2.05) is 0 Å². The van der Waals surface area contributed by atoms with Crippen molar-refractivity contribution in [3.05, 3.63) is 0 Å². The van der Waals surface area contributed by atoms with Gasteiger partial charge in [0.1, 0.15) is 0 Å². The van der Waals surface area contributed by atoms with Crippen molar-refractivity contribution in [1.82, 2.24) is 10.2 Å². The maximum Gasteiger partial charge on any atom is 0.407 e. The summed E-state index contributed by atoms with van der Waals surface area (Å²) in [7, 11) is 0. The monoisotopic (exact) mass is 186 g/mol. The lowest BCUT2D eigenvalue weighted by Crippen LogP contribution is -2.37. The number of carbonyl (C=O) groups is 2. The number of likely N-dealkylation sites (tertiary alicyclic amines) is 1. The topological polar surface area (TPSA) is 58.6 Å². The Morgan fingerprint density at radius 2 is 2.54 bits per heavy atom. The fraction of sp³-hybridized carbons (Fsp3) is 0.750. The third-order valence-corrected chi connectivity index (χ3v) is 1.97. The smallest absolute Gasteiger partial charge is 0.407 e. The van der Waals surface area contributed by atoms with Gasteiger partial charge >= 0.3 is 6.09 Å². The molecule has 0 aromatic rings. The van der Waals surface area contributed by atoms with Crippen LogP contribution in [0.3, 0.4) is 0 Å². The predicted octanol–water partition coefficient (Wildman–Crippen LogP) is -0.0368. The third kappa shape index (κ3) is 2.93. The number of hydrogen-bond acceptors (Lipinski definition) is 3. The minimum atomic E-state index is -0.403. The quantitative estimate of drug-likeness (QED) is 0.629. The Balaban J connectivity index is 2.23. The van der Waals surface area contributed by atoms with Gasteiger partial charge in [-0.15, -0.1) is 0 Å². The van der Waals surface area contributed by atoms with Gasteiger partial charge in [-0.05, 0) is 13.3 Å². The number of amides is 2. The van der Waals surface area contributed by atoms with E-state index in [9.17, 15) is 9.59 Å². The van der Waals surface area contributed by atoms with E-state index in [2.05, 4.69) is 5.32 Å². The first-order valence-electron chi connectivity index (χ1n) is 4.39. The molecule has 1 aliphatic rings. The van der Waals surface area contributed by atoms with Crippen molar-refractivity contribution in [3.63, 3.8) is 0 Å². The van der Waals surface area contributed by atoms with Gasteiger partial charge in [-0.3, -0.25) is 4.79 Å². The van der Waals surface area contributed by atoms with Crippen LogP contribution < -0.4 is 5.32 Å². The Morgan fingerprint density at radius 1 is 1.77 bits per heavy atom. The molecule has 1 saturated heterocycles. The SMILES string of the molecule is CCOC(=O)NC1CCN(C=O)C1. The highest BCUT2D eigenvalue weighted by Crippen LogP contribution is 2.06. The van der Waals surface area contributed by atoms with Gasteiger partial charge in [0.25, 0.3) is 0 Å². The zero-order chi connectivity index (χ0) is 9.68. The normalized spacial score (nSPS) is 21.3. The summed E-state index contributed by atoms with van der Waals surface area (Å²) in [5.74, 6) is 0. The van der Waals surface area contributed by atoms with Gasteiger partial charge in [0.2, 0.25) is 6.41 Å². The molecule has 74 valence electrons. The van der Waals surface area contributed by atoms with Crippen LogP contribution in [0.15, 0.2) is 0 Å². The summed E-state index contributed by atoms with van der Waals surface area (Å²) >= 11 is 0. The summed E-state index contributed by atoms with van der Waals surface area (Å²) in [6, 6.07) is 0.0456. The second-order valence-corrected chi connectivity index (χ2v) is 2.95. The van der Waals surface area contributed by atoms with Crippen molar-refractivity contribution >= 4 is 12.5 Å². The highest BCUT2D eigenvalue weighted by Gasteiger charge is 2.22. The number of hydrogen-bond donors (Lipinski definition) is 1. The summed E-state index contributed by atoms with van der Waals surface area (Å²) in [5.41, 5.74) is 0. The van der Waals surface area contributed by atoms with Gasteiger partial charge < -0.3 is 15.0 Å². The Bertz CT molecular complexity index is 196. The fourth-order valence-corrected chi connectivity index (χ4v) is 1.34. The first-order chi connectivity index (χ1) is 6.26. The van der Waals surface area contributed by atoms with E-state index in [1.165, 1.54) is 0 Å². The Morgan fingerprint density at radius 3 is 3.08 bits per heavy atom. The predicted molar refractivity (Wildman–Crippen MR) is 46.2 cm³/mol. The van der Waals surface area contributed by atoms with Crippen molar-refractivity contribution < 1.29 is 14.3 Å². The van der Waals surface area contributed by atoms with Crippen LogP contribution in [0.4, 0.5) is 4.79 Å². The Hall–Kier alpha value is -1.26. The van der Waals surface area contributed by atoms with Gasteiger partial charge in [-0.25, -0.2) is 4.79 Å². The lowest BCUT2D eigenvalue weighted by atomic mass is 10.3. The molecule has 1 unspecified atom stereocenters. The molecule has 0 spiro atoms. The van der Waals surface area contributed by atoms with Crippen LogP contribution in [0.2, 0.25) is 0 Å². The molecular weight excluding hydrogens is 172 g/mol. The molecule has 1 fully saturated rings. The van der Waals surface area contributed by atoms with E-state index in [1.54, 1.807) is 11.8 Å². The molecule has 1 aliphatic heterocycles. The van der Waals surface area contributed by atoms with Crippen LogP contribution in [0.25, 0.3) is 0 Å². The van der Waals surface area contributed by atoms with Crippen LogP contribution >= 0.6 is 0 Å². The Labute approximate surface area is 77.0 Å². The minimum Gasteiger partial charge on any atom is -0.450 e. The Kier molecular flexibility index (Phi) is 3.54. The summed E-state index contributed by atoms with van der Waals surface area (Å²) in [6.45, 7) is 3.42. The van der Waals surface area contributed by atoms with E-state index in [0.717, 1.165) is 12.8 Å². The standard InChI is InChI=1S/C8H14N2O3/c1-2-13-8(12)9-7-3-4-10(5-7)6-11/h6-7H,2-5H2,1H3,(H,9,12). The van der Waals surface area contributed by atoms with E-state index in [0.29, 0.717) is 19.7 Å². The van der Waals surface area contributed by atoms with Crippen molar-refractivity contribution in [2.45, 2.75) is 19.4 Å². The molecule has 1 rings (SSSR count). The molecule has 5 nitrogen and oxygen atoms in total. The van der Waals surface area contributed by atoms with Gasteiger partial charge in [0.15, 0.2) is 0 Å². The van der Waals surface area contributed by atoms with Crippen LogP contribution in [-0.2, 0) is 9.53 Å². The average molecular weight is 186 g/mol. The summed E-state index contributed by atoms with van der Waals surface area (Å²) < 4.78 is 4.72. The first kappa shape index (κ1) is 9.83. The molecule has 0 aromatic heterocycles. The number of carbonyl (C=O) groups excluding carboxylic acids is 2. The molecule has 2 amide bonds. The fourth-order valence-electron chi connectivity index (χ4n) is 1.34. The summed E-state index contributed by atoms with van der Waals surface area (Å²) in [4.78, 5) is 22.9. The zero-order valence-corrected chi connectivity index (χ0v) is 7.66. The molecule has 0 aromatic carbocycles. The number of nitrogens with zero attached hydrogens (tertiary/aromatic N) is 1. The van der Waals surface area contributed by atoms with Gasteiger partial charge in [0, 0.05) is 13.1 Å². The molecule has 0 saturated carbocycles. The maximum atomic E-state index is 11.0. The highest BCUT2D eigenvalue weighted by atomic mass is 16.5. The highest BCUT2D eigenvalue weighted by molar-refractivity contribution is 5.67. The van der Waals surface area contributed by atoms with Crippen LogP contribution in [0.1, 0.15) is 13.3 Å². The third-order valence-electron chi connectivity index (χ3n) is 1.97. The van der Waals surface area contributed by atoms with Gasteiger partial charge in [0.05, 0.1) is 12.6 Å². The van der Waals surface area contributed by atoms with Crippen molar-refractivity contribution in [3.8, 4) is 0 Å². The maximum absolute atomic E-state index is 11.0. The summed E-state index contributed by atoms with van der Waals surface area (Å²) in [5, 5.41) is 2.68. The lowest BCUT2D eigenvalue weighted by molar-refractivity contribution is -0.117. The van der Waals surface area contributed by atoms with E-state index in [-0.39, 0.29) is 6.04 Å². The van der Waals surface area contributed by atoms with E-state index >= 15 is 0 Å². The van der Waals surface area contributed by atoms with Crippen molar-refractivity contribution in [1.29, 1.82) is 0 Å².